The molecule has 1 aromatic carbocycles. The molecule has 0 aliphatic carbocycles. The maximum absolute atomic E-state index is 10.6. The average Bonchev–Trinajstić information content (AvgIpc) is 2.75. The van der Waals surface area contributed by atoms with Crippen LogP contribution in [-0.2, 0) is 0 Å². The summed E-state index contributed by atoms with van der Waals surface area (Å²) in [6, 6.07) is 4.95. The second kappa shape index (κ2) is 3.95. The van der Waals surface area contributed by atoms with Gasteiger partial charge in [-0.05, 0) is 17.8 Å². The number of thioether (sulfide) groups is 1. The van der Waals surface area contributed by atoms with Gasteiger partial charge in [0.2, 0.25) is 0 Å². The summed E-state index contributed by atoms with van der Waals surface area (Å²) in [5.74, 6) is 0. The van der Waals surface area contributed by atoms with Crippen LogP contribution in [0, 0.1) is 10.1 Å². The first-order valence-electron chi connectivity index (χ1n) is 4.54. The largest absolute Gasteiger partial charge is 0.318 e. The van der Waals surface area contributed by atoms with E-state index in [1.807, 2.05) is 4.90 Å². The third-order valence-electron chi connectivity index (χ3n) is 2.45. The first-order chi connectivity index (χ1) is 7.25. The molecule has 0 aromatic heterocycles. The van der Waals surface area contributed by atoms with Crippen LogP contribution in [-0.4, -0.2) is 23.2 Å². The summed E-state index contributed by atoms with van der Waals surface area (Å²) in [5, 5.41) is 11.6. The van der Waals surface area contributed by atoms with Crippen molar-refractivity contribution in [3.63, 3.8) is 0 Å². The van der Waals surface area contributed by atoms with Gasteiger partial charge < -0.3 is 4.90 Å². The second-order valence-electron chi connectivity index (χ2n) is 3.33. The monoisotopic (exact) mass is 257 g/mol. The minimum absolute atomic E-state index is 0. The van der Waals surface area contributed by atoms with Gasteiger partial charge in [-0.2, -0.15) is 0 Å². The molecular weight excluding hydrogens is 250 g/mol. The lowest BCUT2D eigenvalue weighted by atomic mass is 10.2. The number of nitro groups is 1. The number of amidine groups is 1. The molecule has 0 radical (unpaired) electrons. The smallest absolute Gasteiger partial charge is 0.271 e. The van der Waals surface area contributed by atoms with Crippen molar-refractivity contribution in [1.29, 1.82) is 0 Å². The Hall–Kier alpha value is -1.27. The van der Waals surface area contributed by atoms with E-state index in [0.29, 0.717) is 0 Å². The quantitative estimate of drug-likeness (QED) is 0.572. The van der Waals surface area contributed by atoms with Crippen molar-refractivity contribution < 1.29 is 4.92 Å². The number of nitrogens with zero attached hydrogens (tertiary/aromatic N) is 3. The van der Waals surface area contributed by atoms with Crippen LogP contribution in [0.15, 0.2) is 28.1 Å². The molecule has 1 aromatic rings. The number of hydrogen-bond acceptors (Lipinski definition) is 5. The Bertz CT molecular complexity index is 492. The van der Waals surface area contributed by atoms with E-state index in [1.165, 1.54) is 6.07 Å². The lowest BCUT2D eigenvalue weighted by Crippen LogP contribution is -2.20. The normalized spacial score (nSPS) is 16.2. The summed E-state index contributed by atoms with van der Waals surface area (Å²) in [7, 11) is 0. The molecule has 7 heteroatoms. The standard InChI is InChI=1S/C9H7N3O2S.ClH/c13-12(14)6-1-2-8-7(5-6)11-4-3-10-9(11)15-8;/h1-2,5H,3-4H2;1H. The molecule has 5 nitrogen and oxygen atoms in total. The SMILES string of the molecule is Cl.O=[N+]([O-])c1ccc2c(c1)N1CCN=C1S2. The van der Waals surface area contributed by atoms with E-state index in [4.69, 9.17) is 0 Å². The zero-order valence-electron chi connectivity index (χ0n) is 8.12. The number of anilines is 1. The summed E-state index contributed by atoms with van der Waals surface area (Å²) in [6.07, 6.45) is 0. The molecule has 0 amide bonds. The fraction of sp³-hybridized carbons (Fsp3) is 0.222. The molecule has 0 unspecified atom stereocenters. The zero-order chi connectivity index (χ0) is 10.4. The number of hydrogen-bond donors (Lipinski definition) is 0. The Kier molecular flexibility index (Phi) is 2.77. The summed E-state index contributed by atoms with van der Waals surface area (Å²) in [5.41, 5.74) is 1.06. The third kappa shape index (κ3) is 1.54. The number of nitro benzene ring substituents is 1. The fourth-order valence-corrected chi connectivity index (χ4v) is 2.81. The van der Waals surface area contributed by atoms with Crippen molar-refractivity contribution in [1.82, 2.24) is 0 Å². The molecule has 2 aliphatic heterocycles. The Morgan fingerprint density at radius 2 is 2.31 bits per heavy atom. The van der Waals surface area contributed by atoms with Crippen LogP contribution < -0.4 is 4.90 Å². The van der Waals surface area contributed by atoms with Gasteiger partial charge in [-0.15, -0.1) is 12.4 Å². The van der Waals surface area contributed by atoms with Crippen LogP contribution in [0.3, 0.4) is 0 Å². The Morgan fingerprint density at radius 3 is 3.06 bits per heavy atom. The summed E-state index contributed by atoms with van der Waals surface area (Å²) >= 11 is 1.58. The van der Waals surface area contributed by atoms with Crippen molar-refractivity contribution in [2.45, 2.75) is 4.90 Å². The summed E-state index contributed by atoms with van der Waals surface area (Å²) in [4.78, 5) is 17.7. The van der Waals surface area contributed by atoms with Crippen molar-refractivity contribution in [2.75, 3.05) is 18.0 Å². The van der Waals surface area contributed by atoms with Crippen molar-refractivity contribution in [3.8, 4) is 0 Å². The second-order valence-corrected chi connectivity index (χ2v) is 4.34. The molecule has 0 bridgehead atoms. The van der Waals surface area contributed by atoms with Gasteiger partial charge in [-0.25, -0.2) is 0 Å². The first-order valence-corrected chi connectivity index (χ1v) is 5.35. The van der Waals surface area contributed by atoms with Crippen LogP contribution >= 0.6 is 24.2 Å². The van der Waals surface area contributed by atoms with Gasteiger partial charge >= 0.3 is 0 Å². The van der Waals surface area contributed by atoms with E-state index in [1.54, 1.807) is 23.9 Å². The number of halogens is 1. The van der Waals surface area contributed by atoms with Crippen molar-refractivity contribution >= 4 is 40.7 Å². The molecule has 3 rings (SSSR count). The number of rotatable bonds is 1. The van der Waals surface area contributed by atoms with E-state index in [9.17, 15) is 10.1 Å². The van der Waals surface area contributed by atoms with Gasteiger partial charge in [0, 0.05) is 23.6 Å². The van der Waals surface area contributed by atoms with Crippen molar-refractivity contribution in [2.24, 2.45) is 4.99 Å². The van der Waals surface area contributed by atoms with Crippen LogP contribution in [0.2, 0.25) is 0 Å². The van der Waals surface area contributed by atoms with Crippen LogP contribution in [0.5, 0.6) is 0 Å². The molecule has 0 spiro atoms. The van der Waals surface area contributed by atoms with E-state index >= 15 is 0 Å². The lowest BCUT2D eigenvalue weighted by molar-refractivity contribution is -0.384. The van der Waals surface area contributed by atoms with Gasteiger partial charge in [0.25, 0.3) is 5.69 Å². The molecule has 84 valence electrons. The predicted molar refractivity (Wildman–Crippen MR) is 65.8 cm³/mol. The number of non-ortho nitro benzene ring substituents is 1. The van der Waals surface area contributed by atoms with Gasteiger partial charge in [-0.1, -0.05) is 0 Å². The van der Waals surface area contributed by atoms with E-state index < -0.39 is 0 Å². The molecule has 0 fully saturated rings. The van der Waals surface area contributed by atoms with E-state index in [-0.39, 0.29) is 23.0 Å². The lowest BCUT2D eigenvalue weighted by Gasteiger charge is -2.11. The maximum atomic E-state index is 10.6. The number of benzene rings is 1. The van der Waals surface area contributed by atoms with Crippen LogP contribution in [0.1, 0.15) is 0 Å². The predicted octanol–water partition coefficient (Wildman–Crippen LogP) is 2.30. The number of fused-ring (bicyclic) bond motifs is 3. The summed E-state index contributed by atoms with van der Waals surface area (Å²) in [6.45, 7) is 1.61. The highest BCUT2D eigenvalue weighted by Gasteiger charge is 2.30. The third-order valence-corrected chi connectivity index (χ3v) is 3.54. The Morgan fingerprint density at radius 1 is 1.50 bits per heavy atom. The minimum atomic E-state index is -0.365. The zero-order valence-corrected chi connectivity index (χ0v) is 9.75. The number of aliphatic imine (C=N–C) groups is 1. The molecule has 2 heterocycles. The topological polar surface area (TPSA) is 58.7 Å². The fourth-order valence-electron chi connectivity index (χ4n) is 1.75. The van der Waals surface area contributed by atoms with Gasteiger partial charge in [0.15, 0.2) is 5.17 Å². The molecule has 0 N–H and O–H groups in total. The van der Waals surface area contributed by atoms with Crippen LogP contribution in [0.4, 0.5) is 11.4 Å². The van der Waals surface area contributed by atoms with E-state index in [2.05, 4.69) is 4.99 Å². The Balaban J connectivity index is 0.000000963. The molecule has 2 aliphatic rings. The highest BCUT2D eigenvalue weighted by Crippen LogP contribution is 2.43. The molecule has 0 saturated carbocycles. The molecule has 16 heavy (non-hydrogen) atoms. The molecular formula is C9H8ClN3O2S. The van der Waals surface area contributed by atoms with Gasteiger partial charge in [0.1, 0.15) is 0 Å². The molecule has 0 saturated heterocycles. The van der Waals surface area contributed by atoms with Gasteiger partial charge in [0.05, 0.1) is 17.2 Å². The first kappa shape index (κ1) is 11.2. The molecule has 0 atom stereocenters. The average molecular weight is 258 g/mol. The van der Waals surface area contributed by atoms with Crippen LogP contribution in [0.25, 0.3) is 0 Å². The van der Waals surface area contributed by atoms with Crippen molar-refractivity contribution in [3.05, 3.63) is 28.3 Å². The summed E-state index contributed by atoms with van der Waals surface area (Å²) < 4.78 is 0. The highest BCUT2D eigenvalue weighted by molar-refractivity contribution is 8.14. The Labute approximate surface area is 102 Å². The highest BCUT2D eigenvalue weighted by atomic mass is 35.5. The maximum Gasteiger partial charge on any atom is 0.271 e. The minimum Gasteiger partial charge on any atom is -0.318 e. The van der Waals surface area contributed by atoms with Gasteiger partial charge in [-0.3, -0.25) is 15.1 Å². The van der Waals surface area contributed by atoms with E-state index in [0.717, 1.165) is 28.8 Å².